The first kappa shape index (κ1) is 31.5. The Morgan fingerprint density at radius 3 is 2.17 bits per heavy atom. The van der Waals surface area contributed by atoms with E-state index in [9.17, 15) is 18.0 Å². The molecular formula is C30H35Cl2N3O4S. The molecule has 3 aromatic carbocycles. The van der Waals surface area contributed by atoms with Crippen LogP contribution in [0.5, 0.6) is 0 Å². The van der Waals surface area contributed by atoms with E-state index in [0.717, 1.165) is 15.4 Å². The number of rotatable bonds is 11. The SMILES string of the molecule is CC[C@@H](C(=O)NC(C)C)N(Cc1ccc(Cl)cc1Cl)C(=O)CN(c1cccc(C)c1)S(=O)(=O)c1ccc(C)cc1. The molecule has 2 amide bonds. The first-order valence-corrected chi connectivity index (χ1v) is 15.2. The van der Waals surface area contributed by atoms with Crippen LogP contribution < -0.4 is 9.62 Å². The van der Waals surface area contributed by atoms with E-state index in [1.165, 1.54) is 17.0 Å². The van der Waals surface area contributed by atoms with Gasteiger partial charge in [0, 0.05) is 22.6 Å². The molecule has 0 aliphatic heterocycles. The number of hydrogen-bond donors (Lipinski definition) is 1. The topological polar surface area (TPSA) is 86.8 Å². The molecule has 0 saturated carbocycles. The number of aryl methyl sites for hydroxylation is 2. The van der Waals surface area contributed by atoms with Crippen molar-refractivity contribution in [2.45, 2.75) is 64.6 Å². The first-order valence-electron chi connectivity index (χ1n) is 13.0. The van der Waals surface area contributed by atoms with Crippen LogP contribution in [-0.4, -0.2) is 43.8 Å². The summed E-state index contributed by atoms with van der Waals surface area (Å²) in [6.45, 7) is 8.66. The zero-order chi connectivity index (χ0) is 29.6. The second-order valence-electron chi connectivity index (χ2n) is 10.0. The fraction of sp³-hybridized carbons (Fsp3) is 0.333. The maximum Gasteiger partial charge on any atom is 0.264 e. The first-order chi connectivity index (χ1) is 18.8. The maximum absolute atomic E-state index is 14.1. The summed E-state index contributed by atoms with van der Waals surface area (Å²) in [5.74, 6) is -0.881. The summed E-state index contributed by atoms with van der Waals surface area (Å²) in [7, 11) is -4.13. The number of hydrogen-bond acceptors (Lipinski definition) is 4. The van der Waals surface area contributed by atoms with Crippen molar-refractivity contribution in [3.8, 4) is 0 Å². The minimum atomic E-state index is -4.13. The van der Waals surface area contributed by atoms with Gasteiger partial charge >= 0.3 is 0 Å². The van der Waals surface area contributed by atoms with Gasteiger partial charge in [0.1, 0.15) is 12.6 Å². The van der Waals surface area contributed by atoms with Gasteiger partial charge in [0.05, 0.1) is 10.6 Å². The van der Waals surface area contributed by atoms with E-state index >= 15 is 0 Å². The number of carbonyl (C=O) groups is 2. The third kappa shape index (κ3) is 7.77. The van der Waals surface area contributed by atoms with Crippen LogP contribution in [0, 0.1) is 13.8 Å². The van der Waals surface area contributed by atoms with Crippen LogP contribution in [0.4, 0.5) is 5.69 Å². The summed E-state index contributed by atoms with van der Waals surface area (Å²) >= 11 is 12.5. The fourth-order valence-electron chi connectivity index (χ4n) is 4.28. The molecule has 0 unspecified atom stereocenters. The van der Waals surface area contributed by atoms with Crippen LogP contribution in [0.3, 0.4) is 0 Å². The number of benzene rings is 3. The van der Waals surface area contributed by atoms with Crippen LogP contribution >= 0.6 is 23.2 Å². The molecule has 1 atom stereocenters. The lowest BCUT2D eigenvalue weighted by atomic mass is 10.1. The number of amides is 2. The Morgan fingerprint density at radius 2 is 1.60 bits per heavy atom. The molecule has 3 rings (SSSR count). The molecule has 0 heterocycles. The van der Waals surface area contributed by atoms with Crippen LogP contribution in [0.2, 0.25) is 10.0 Å². The fourth-order valence-corrected chi connectivity index (χ4v) is 6.16. The van der Waals surface area contributed by atoms with Gasteiger partial charge in [-0.15, -0.1) is 0 Å². The summed E-state index contributed by atoms with van der Waals surface area (Å²) in [5, 5.41) is 3.65. The standard InChI is InChI=1S/C30H35Cl2N3O4S/c1-6-28(30(37)33-20(2)3)34(18-23-12-13-24(31)17-27(23)32)29(36)19-35(25-9-7-8-22(5)16-25)40(38,39)26-14-10-21(4)11-15-26/h7-17,20,28H,6,18-19H2,1-5H3,(H,33,37)/t28-/m0/s1. The van der Waals surface area contributed by atoms with Crippen LogP contribution in [0.25, 0.3) is 0 Å². The molecule has 214 valence electrons. The van der Waals surface area contributed by atoms with Crippen molar-refractivity contribution in [3.05, 3.63) is 93.5 Å². The Labute approximate surface area is 247 Å². The lowest BCUT2D eigenvalue weighted by Crippen LogP contribution is -2.53. The van der Waals surface area contributed by atoms with Crippen molar-refractivity contribution in [3.63, 3.8) is 0 Å². The van der Waals surface area contributed by atoms with Gasteiger partial charge in [-0.2, -0.15) is 0 Å². The third-order valence-electron chi connectivity index (χ3n) is 6.35. The molecule has 1 N–H and O–H groups in total. The van der Waals surface area contributed by atoms with Crippen LogP contribution in [0.1, 0.15) is 43.9 Å². The zero-order valence-electron chi connectivity index (χ0n) is 23.3. The van der Waals surface area contributed by atoms with Crippen molar-refractivity contribution >= 4 is 50.7 Å². The van der Waals surface area contributed by atoms with E-state index in [4.69, 9.17) is 23.2 Å². The van der Waals surface area contributed by atoms with Crippen molar-refractivity contribution < 1.29 is 18.0 Å². The highest BCUT2D eigenvalue weighted by Crippen LogP contribution is 2.27. The summed E-state index contributed by atoms with van der Waals surface area (Å²) in [4.78, 5) is 28.8. The molecule has 0 bridgehead atoms. The molecule has 0 aliphatic rings. The molecule has 0 aromatic heterocycles. The summed E-state index contributed by atoms with van der Waals surface area (Å²) < 4.78 is 28.9. The van der Waals surface area contributed by atoms with E-state index in [0.29, 0.717) is 27.7 Å². The summed E-state index contributed by atoms with van der Waals surface area (Å²) in [6, 6.07) is 17.3. The van der Waals surface area contributed by atoms with E-state index in [1.807, 2.05) is 33.8 Å². The number of nitrogens with one attached hydrogen (secondary N) is 1. The molecule has 0 fully saturated rings. The van der Waals surface area contributed by atoms with Gasteiger partial charge in [0.25, 0.3) is 10.0 Å². The van der Waals surface area contributed by atoms with Gasteiger partial charge in [-0.25, -0.2) is 8.42 Å². The van der Waals surface area contributed by atoms with Crippen molar-refractivity contribution in [2.75, 3.05) is 10.8 Å². The molecule has 0 spiro atoms. The van der Waals surface area contributed by atoms with Crippen LogP contribution in [0.15, 0.2) is 71.6 Å². The van der Waals surface area contributed by atoms with Gasteiger partial charge in [-0.1, -0.05) is 66.0 Å². The highest BCUT2D eigenvalue weighted by atomic mass is 35.5. The van der Waals surface area contributed by atoms with E-state index in [1.54, 1.807) is 55.5 Å². The zero-order valence-corrected chi connectivity index (χ0v) is 25.6. The summed E-state index contributed by atoms with van der Waals surface area (Å²) in [6.07, 6.45) is 0.310. The Kier molecular flexibility index (Phi) is 10.6. The van der Waals surface area contributed by atoms with Crippen molar-refractivity contribution in [2.24, 2.45) is 0 Å². The van der Waals surface area contributed by atoms with E-state index < -0.39 is 28.5 Å². The normalized spacial score (nSPS) is 12.2. The average molecular weight is 605 g/mol. The minimum Gasteiger partial charge on any atom is -0.352 e. The molecule has 0 aliphatic carbocycles. The number of sulfonamides is 1. The molecule has 40 heavy (non-hydrogen) atoms. The Hall–Kier alpha value is -3.07. The molecule has 10 heteroatoms. The predicted octanol–water partition coefficient (Wildman–Crippen LogP) is 6.14. The Balaban J connectivity index is 2.09. The highest BCUT2D eigenvalue weighted by molar-refractivity contribution is 7.92. The second kappa shape index (κ2) is 13.5. The Morgan fingerprint density at radius 1 is 0.925 bits per heavy atom. The molecule has 0 saturated heterocycles. The quantitative estimate of drug-likeness (QED) is 0.285. The lowest BCUT2D eigenvalue weighted by Gasteiger charge is -2.33. The minimum absolute atomic E-state index is 0.00884. The number of anilines is 1. The van der Waals surface area contributed by atoms with Gasteiger partial charge in [0.2, 0.25) is 11.8 Å². The van der Waals surface area contributed by atoms with E-state index in [2.05, 4.69) is 5.32 Å². The monoisotopic (exact) mass is 603 g/mol. The number of nitrogens with zero attached hydrogens (tertiary/aromatic N) is 2. The highest BCUT2D eigenvalue weighted by Gasteiger charge is 2.34. The van der Waals surface area contributed by atoms with Crippen LogP contribution in [-0.2, 0) is 26.2 Å². The van der Waals surface area contributed by atoms with Gasteiger partial charge < -0.3 is 10.2 Å². The lowest BCUT2D eigenvalue weighted by molar-refractivity contribution is -0.140. The molecular weight excluding hydrogens is 569 g/mol. The van der Waals surface area contributed by atoms with Crippen molar-refractivity contribution in [1.29, 1.82) is 0 Å². The van der Waals surface area contributed by atoms with Gasteiger partial charge in [-0.3, -0.25) is 13.9 Å². The largest absolute Gasteiger partial charge is 0.352 e. The summed E-state index contributed by atoms with van der Waals surface area (Å²) in [5.41, 5.74) is 2.67. The number of carbonyl (C=O) groups excluding carboxylic acids is 2. The van der Waals surface area contributed by atoms with Crippen molar-refractivity contribution in [1.82, 2.24) is 10.2 Å². The predicted molar refractivity (Wildman–Crippen MR) is 161 cm³/mol. The number of halogens is 2. The van der Waals surface area contributed by atoms with E-state index in [-0.39, 0.29) is 23.4 Å². The van der Waals surface area contributed by atoms with Gasteiger partial charge in [0.15, 0.2) is 0 Å². The third-order valence-corrected chi connectivity index (χ3v) is 8.73. The molecule has 3 aromatic rings. The van der Waals surface area contributed by atoms with Gasteiger partial charge in [-0.05, 0) is 81.6 Å². The second-order valence-corrected chi connectivity index (χ2v) is 12.7. The maximum atomic E-state index is 14.1. The smallest absolute Gasteiger partial charge is 0.264 e. The average Bonchev–Trinajstić information content (AvgIpc) is 2.88. The molecule has 0 radical (unpaired) electrons. The molecule has 7 nitrogen and oxygen atoms in total. The Bertz CT molecular complexity index is 1460.